The fourth-order valence-corrected chi connectivity index (χ4v) is 2.97. The Kier molecular flexibility index (Phi) is 6.30. The maximum absolute atomic E-state index is 13.1. The van der Waals surface area contributed by atoms with Crippen molar-refractivity contribution in [3.8, 4) is 0 Å². The summed E-state index contributed by atoms with van der Waals surface area (Å²) < 4.78 is 26.0. The molecule has 1 aromatic heterocycles. The molecule has 0 aliphatic rings. The minimum Gasteiger partial charge on any atom is -0.343 e. The third-order valence-corrected chi connectivity index (χ3v) is 4.63. The van der Waals surface area contributed by atoms with Crippen LogP contribution >= 0.6 is 11.3 Å². The highest BCUT2D eigenvalue weighted by Gasteiger charge is 2.11. The molecule has 3 amide bonds. The van der Waals surface area contributed by atoms with Crippen LogP contribution in [0.4, 0.5) is 20.2 Å². The number of carbonyl (C=O) groups excluding carboxylic acids is 3. The van der Waals surface area contributed by atoms with Gasteiger partial charge >= 0.3 is 0 Å². The SMILES string of the molecule is O=C(CNC(=O)c1ccc(NC(=O)c2cccs2)cc1)Nc1ccc(F)c(F)c1. The van der Waals surface area contributed by atoms with Gasteiger partial charge in [-0.2, -0.15) is 0 Å². The molecular formula is C20H15F2N3O3S. The van der Waals surface area contributed by atoms with E-state index in [1.807, 2.05) is 0 Å². The minimum absolute atomic E-state index is 0.0778. The van der Waals surface area contributed by atoms with Crippen molar-refractivity contribution in [2.24, 2.45) is 0 Å². The molecule has 0 spiro atoms. The molecule has 3 rings (SSSR count). The van der Waals surface area contributed by atoms with E-state index in [4.69, 9.17) is 0 Å². The molecule has 29 heavy (non-hydrogen) atoms. The van der Waals surface area contributed by atoms with Gasteiger partial charge in [0, 0.05) is 23.0 Å². The van der Waals surface area contributed by atoms with E-state index in [0.717, 1.165) is 12.1 Å². The predicted octanol–water partition coefficient (Wildman–Crippen LogP) is 3.65. The highest BCUT2D eigenvalue weighted by atomic mass is 32.1. The third kappa shape index (κ3) is 5.45. The van der Waals surface area contributed by atoms with Gasteiger partial charge in [-0.1, -0.05) is 6.07 Å². The Morgan fingerprint density at radius 1 is 0.828 bits per heavy atom. The van der Waals surface area contributed by atoms with Gasteiger partial charge in [0.1, 0.15) is 0 Å². The molecule has 0 bridgehead atoms. The zero-order chi connectivity index (χ0) is 20.8. The second-order valence-corrected chi connectivity index (χ2v) is 6.82. The molecule has 3 aromatic rings. The number of hydrogen-bond donors (Lipinski definition) is 3. The topological polar surface area (TPSA) is 87.3 Å². The van der Waals surface area contributed by atoms with Crippen LogP contribution in [0.25, 0.3) is 0 Å². The Morgan fingerprint density at radius 3 is 2.21 bits per heavy atom. The number of benzene rings is 2. The second-order valence-electron chi connectivity index (χ2n) is 5.87. The average Bonchev–Trinajstić information content (AvgIpc) is 3.24. The van der Waals surface area contributed by atoms with Gasteiger partial charge in [-0.05, 0) is 47.8 Å². The van der Waals surface area contributed by atoms with Crippen LogP contribution in [-0.2, 0) is 4.79 Å². The lowest BCUT2D eigenvalue weighted by atomic mass is 10.2. The number of nitrogens with one attached hydrogen (secondary N) is 3. The van der Waals surface area contributed by atoms with Crippen molar-refractivity contribution >= 4 is 40.4 Å². The summed E-state index contributed by atoms with van der Waals surface area (Å²) in [7, 11) is 0. The number of carbonyl (C=O) groups is 3. The Bertz CT molecular complexity index is 1040. The van der Waals surface area contributed by atoms with Gasteiger partial charge in [-0.25, -0.2) is 8.78 Å². The summed E-state index contributed by atoms with van der Waals surface area (Å²) in [6.07, 6.45) is 0. The zero-order valence-electron chi connectivity index (χ0n) is 14.9. The third-order valence-electron chi connectivity index (χ3n) is 3.76. The highest BCUT2D eigenvalue weighted by molar-refractivity contribution is 7.12. The van der Waals surface area contributed by atoms with E-state index in [9.17, 15) is 23.2 Å². The molecule has 0 aliphatic heterocycles. The Balaban J connectivity index is 1.50. The summed E-state index contributed by atoms with van der Waals surface area (Å²) in [5.41, 5.74) is 0.893. The molecule has 148 valence electrons. The molecule has 0 saturated carbocycles. The first-order valence-electron chi connectivity index (χ1n) is 8.40. The molecule has 0 unspecified atom stereocenters. The number of rotatable bonds is 6. The molecule has 1 heterocycles. The summed E-state index contributed by atoms with van der Waals surface area (Å²) in [4.78, 5) is 36.5. The monoisotopic (exact) mass is 415 g/mol. The number of anilines is 2. The number of amides is 3. The standard InChI is InChI=1S/C20H15F2N3O3S/c21-15-8-7-14(10-16(15)22)24-18(26)11-23-19(27)12-3-5-13(6-4-12)25-20(28)17-2-1-9-29-17/h1-10H,11H2,(H,23,27)(H,24,26)(H,25,28). The summed E-state index contributed by atoms with van der Waals surface area (Å²) in [6.45, 7) is -0.352. The molecule has 2 aromatic carbocycles. The van der Waals surface area contributed by atoms with Crippen LogP contribution in [0.15, 0.2) is 60.0 Å². The van der Waals surface area contributed by atoms with Crippen molar-refractivity contribution in [1.29, 1.82) is 0 Å². The van der Waals surface area contributed by atoms with Crippen LogP contribution in [0.5, 0.6) is 0 Å². The zero-order valence-corrected chi connectivity index (χ0v) is 15.7. The maximum Gasteiger partial charge on any atom is 0.265 e. The van der Waals surface area contributed by atoms with Crippen molar-refractivity contribution < 1.29 is 23.2 Å². The van der Waals surface area contributed by atoms with Crippen LogP contribution in [0.2, 0.25) is 0 Å². The number of thiophene rings is 1. The van der Waals surface area contributed by atoms with Crippen LogP contribution in [0.1, 0.15) is 20.0 Å². The first kappa shape index (κ1) is 20.2. The van der Waals surface area contributed by atoms with E-state index in [-0.39, 0.29) is 18.1 Å². The summed E-state index contributed by atoms with van der Waals surface area (Å²) in [5, 5.41) is 9.29. The largest absolute Gasteiger partial charge is 0.343 e. The Hall–Kier alpha value is -3.59. The molecule has 0 aliphatic carbocycles. The molecular weight excluding hydrogens is 400 g/mol. The molecule has 0 radical (unpaired) electrons. The number of hydrogen-bond acceptors (Lipinski definition) is 4. The van der Waals surface area contributed by atoms with Gasteiger partial charge in [-0.3, -0.25) is 14.4 Å². The van der Waals surface area contributed by atoms with Crippen LogP contribution in [0.3, 0.4) is 0 Å². The lowest BCUT2D eigenvalue weighted by molar-refractivity contribution is -0.115. The molecule has 0 fully saturated rings. The van der Waals surface area contributed by atoms with E-state index in [0.29, 0.717) is 16.1 Å². The molecule has 3 N–H and O–H groups in total. The van der Waals surface area contributed by atoms with Crippen LogP contribution in [0, 0.1) is 11.6 Å². The fraction of sp³-hybridized carbons (Fsp3) is 0.0500. The first-order chi connectivity index (χ1) is 13.9. The van der Waals surface area contributed by atoms with E-state index < -0.39 is 23.4 Å². The first-order valence-corrected chi connectivity index (χ1v) is 9.28. The summed E-state index contributed by atoms with van der Waals surface area (Å²) in [6, 6.07) is 12.6. The molecule has 9 heteroatoms. The lowest BCUT2D eigenvalue weighted by Crippen LogP contribution is -2.32. The minimum atomic E-state index is -1.09. The van der Waals surface area contributed by atoms with E-state index >= 15 is 0 Å². The van der Waals surface area contributed by atoms with Crippen LogP contribution < -0.4 is 16.0 Å². The van der Waals surface area contributed by atoms with E-state index in [1.54, 1.807) is 29.6 Å². The predicted molar refractivity (Wildman–Crippen MR) is 106 cm³/mol. The van der Waals surface area contributed by atoms with Gasteiger partial charge < -0.3 is 16.0 Å². The van der Waals surface area contributed by atoms with Crippen molar-refractivity contribution in [3.63, 3.8) is 0 Å². The normalized spacial score (nSPS) is 10.3. The van der Waals surface area contributed by atoms with E-state index in [2.05, 4.69) is 16.0 Å². The smallest absolute Gasteiger partial charge is 0.265 e. The fourth-order valence-electron chi connectivity index (χ4n) is 2.35. The van der Waals surface area contributed by atoms with Gasteiger partial charge in [0.25, 0.3) is 11.8 Å². The Labute approximate surface area is 168 Å². The van der Waals surface area contributed by atoms with Gasteiger partial charge in [-0.15, -0.1) is 11.3 Å². The highest BCUT2D eigenvalue weighted by Crippen LogP contribution is 2.15. The summed E-state index contributed by atoms with van der Waals surface area (Å²) in [5.74, 6) is -3.44. The van der Waals surface area contributed by atoms with Gasteiger partial charge in [0.05, 0.1) is 11.4 Å². The second kappa shape index (κ2) is 9.07. The van der Waals surface area contributed by atoms with Crippen molar-refractivity contribution in [2.75, 3.05) is 17.2 Å². The number of halogens is 2. The molecule has 0 atom stereocenters. The van der Waals surface area contributed by atoms with Crippen molar-refractivity contribution in [1.82, 2.24) is 5.32 Å². The average molecular weight is 415 g/mol. The van der Waals surface area contributed by atoms with Gasteiger partial charge in [0.15, 0.2) is 11.6 Å². The quantitative estimate of drug-likeness (QED) is 0.574. The Morgan fingerprint density at radius 2 is 1.55 bits per heavy atom. The molecule has 0 saturated heterocycles. The lowest BCUT2D eigenvalue weighted by Gasteiger charge is -2.08. The van der Waals surface area contributed by atoms with E-state index in [1.165, 1.54) is 29.5 Å². The maximum atomic E-state index is 13.1. The van der Waals surface area contributed by atoms with Gasteiger partial charge in [0.2, 0.25) is 5.91 Å². The summed E-state index contributed by atoms with van der Waals surface area (Å²) >= 11 is 1.32. The van der Waals surface area contributed by atoms with Crippen LogP contribution in [-0.4, -0.2) is 24.3 Å². The van der Waals surface area contributed by atoms with Crippen molar-refractivity contribution in [3.05, 3.63) is 82.1 Å². The molecule has 6 nitrogen and oxygen atoms in total. The van der Waals surface area contributed by atoms with Crippen molar-refractivity contribution in [2.45, 2.75) is 0 Å².